The summed E-state index contributed by atoms with van der Waals surface area (Å²) < 4.78 is 37.3. The number of amides is 3. The molecule has 0 unspecified atom stereocenters. The second-order valence-corrected chi connectivity index (χ2v) is 10.5. The lowest BCUT2D eigenvalue weighted by atomic mass is 10.2. The number of furan rings is 1. The molecule has 0 saturated carbocycles. The molecule has 4 rings (SSSR count). The van der Waals surface area contributed by atoms with E-state index in [1.54, 1.807) is 23.1 Å². The average molecular weight is 526 g/mol. The van der Waals surface area contributed by atoms with Crippen molar-refractivity contribution in [2.24, 2.45) is 0 Å². The Morgan fingerprint density at radius 3 is 2.19 bits per heavy atom. The van der Waals surface area contributed by atoms with E-state index in [-0.39, 0.29) is 49.3 Å². The van der Waals surface area contributed by atoms with Gasteiger partial charge in [-0.15, -0.1) is 0 Å². The van der Waals surface area contributed by atoms with Gasteiger partial charge in [-0.25, -0.2) is 8.42 Å². The maximum Gasteiger partial charge on any atom is 0.288 e. The van der Waals surface area contributed by atoms with Crippen LogP contribution in [0, 0.1) is 6.92 Å². The van der Waals surface area contributed by atoms with Crippen LogP contribution in [-0.2, 0) is 19.4 Å². The molecular weight excluding hydrogens is 498 g/mol. The van der Waals surface area contributed by atoms with E-state index in [1.807, 2.05) is 19.1 Å². The molecule has 1 N–H and O–H groups in total. The topological polar surface area (TPSA) is 126 Å². The van der Waals surface area contributed by atoms with Crippen LogP contribution in [-0.4, -0.2) is 74.1 Å². The minimum absolute atomic E-state index is 0.102. The van der Waals surface area contributed by atoms with Crippen LogP contribution in [0.5, 0.6) is 5.75 Å². The molecule has 11 heteroatoms. The third-order valence-electron chi connectivity index (χ3n) is 5.94. The Morgan fingerprint density at radius 2 is 1.57 bits per heavy atom. The molecule has 1 atom stereocenters. The summed E-state index contributed by atoms with van der Waals surface area (Å²) in [5, 5.41) is 0.458. The molecule has 2 aromatic carbocycles. The van der Waals surface area contributed by atoms with Crippen LogP contribution in [0.3, 0.4) is 0 Å². The summed E-state index contributed by atoms with van der Waals surface area (Å²) in [5.74, 6) is -1.40. The molecule has 0 spiro atoms. The lowest BCUT2D eigenvalue weighted by Crippen LogP contribution is -2.58. The molecule has 0 bridgehead atoms. The fourth-order valence-electron chi connectivity index (χ4n) is 3.83. The van der Waals surface area contributed by atoms with E-state index < -0.39 is 27.0 Å². The lowest BCUT2D eigenvalue weighted by Gasteiger charge is -2.36. The number of carbonyl (C=O) groups is 3. The first kappa shape index (κ1) is 26.0. The maximum atomic E-state index is 13.4. The maximum absolute atomic E-state index is 13.4. The zero-order valence-corrected chi connectivity index (χ0v) is 21.0. The summed E-state index contributed by atoms with van der Waals surface area (Å²) in [6, 6.07) is 17.6. The van der Waals surface area contributed by atoms with Crippen LogP contribution in [0.15, 0.2) is 82.3 Å². The minimum atomic E-state index is -4.27. The number of carbonyl (C=O) groups excluding carboxylic acids is 3. The van der Waals surface area contributed by atoms with Crippen molar-refractivity contribution < 1.29 is 32.0 Å². The molecule has 1 aromatic heterocycles. The van der Waals surface area contributed by atoms with Crippen LogP contribution < -0.4 is 10.1 Å². The second kappa shape index (κ2) is 11.3. The third-order valence-corrected chi connectivity index (χ3v) is 7.81. The summed E-state index contributed by atoms with van der Waals surface area (Å²) in [6.45, 7) is 2.41. The van der Waals surface area contributed by atoms with Gasteiger partial charge in [0.1, 0.15) is 5.75 Å². The summed E-state index contributed by atoms with van der Waals surface area (Å²) in [7, 11) is -4.27. The van der Waals surface area contributed by atoms with Crippen LogP contribution >= 0.6 is 0 Å². The van der Waals surface area contributed by atoms with E-state index in [0.717, 1.165) is 5.56 Å². The number of nitrogens with zero attached hydrogens (tertiary/aromatic N) is 2. The van der Waals surface area contributed by atoms with E-state index in [1.165, 1.54) is 47.6 Å². The largest absolute Gasteiger partial charge is 0.484 e. The third kappa shape index (κ3) is 6.18. The van der Waals surface area contributed by atoms with Gasteiger partial charge in [-0.1, -0.05) is 35.9 Å². The van der Waals surface area contributed by atoms with E-state index in [2.05, 4.69) is 5.32 Å². The van der Waals surface area contributed by atoms with Crippen LogP contribution in [0.2, 0.25) is 0 Å². The number of aryl methyl sites for hydroxylation is 1. The average Bonchev–Trinajstić information content (AvgIpc) is 3.47. The summed E-state index contributed by atoms with van der Waals surface area (Å²) in [4.78, 5) is 41.4. The van der Waals surface area contributed by atoms with Gasteiger partial charge in [0.2, 0.25) is 15.2 Å². The number of rotatable bonds is 8. The highest BCUT2D eigenvalue weighted by molar-refractivity contribution is 7.92. The molecule has 0 radical (unpaired) electrons. The Labute approximate surface area is 214 Å². The predicted octanol–water partition coefficient (Wildman–Crippen LogP) is 1.87. The monoisotopic (exact) mass is 525 g/mol. The fourth-order valence-corrected chi connectivity index (χ4v) is 5.31. The van der Waals surface area contributed by atoms with Gasteiger partial charge in [0.25, 0.3) is 17.7 Å². The smallest absolute Gasteiger partial charge is 0.288 e. The zero-order chi connectivity index (χ0) is 26.4. The standard InChI is InChI=1S/C26H27N3O7S/c1-19-9-11-20(12-10-19)36-18-23(30)28-13-15-29(16-14-28)26(32)25(27-24(31)22-8-5-17-35-22)37(33,34)21-6-3-2-4-7-21/h2-12,17,25H,13-16,18H2,1H3,(H,27,31)/t25-/m1/s1. The van der Waals surface area contributed by atoms with Gasteiger partial charge in [0.15, 0.2) is 12.4 Å². The summed E-state index contributed by atoms with van der Waals surface area (Å²) >= 11 is 0. The Balaban J connectivity index is 1.42. The first-order valence-corrected chi connectivity index (χ1v) is 13.2. The molecule has 37 heavy (non-hydrogen) atoms. The van der Waals surface area contributed by atoms with Gasteiger partial charge >= 0.3 is 0 Å². The number of hydrogen-bond donors (Lipinski definition) is 1. The highest BCUT2D eigenvalue weighted by atomic mass is 32.2. The second-order valence-electron chi connectivity index (χ2n) is 8.50. The Hall–Kier alpha value is -4.12. The van der Waals surface area contributed by atoms with E-state index in [9.17, 15) is 22.8 Å². The van der Waals surface area contributed by atoms with Crippen molar-refractivity contribution in [3.8, 4) is 5.75 Å². The molecule has 0 aliphatic carbocycles. The SMILES string of the molecule is Cc1ccc(OCC(=O)N2CCN(C(=O)[C@H](NC(=O)c3ccco3)S(=O)(=O)c3ccccc3)CC2)cc1. The van der Waals surface area contributed by atoms with Crippen molar-refractivity contribution in [1.82, 2.24) is 15.1 Å². The molecule has 194 valence electrons. The van der Waals surface area contributed by atoms with Gasteiger partial charge < -0.3 is 24.3 Å². The van der Waals surface area contributed by atoms with Gasteiger partial charge in [-0.2, -0.15) is 0 Å². The molecule has 3 aromatic rings. The predicted molar refractivity (Wildman–Crippen MR) is 133 cm³/mol. The van der Waals surface area contributed by atoms with Crippen molar-refractivity contribution in [1.29, 1.82) is 0 Å². The van der Waals surface area contributed by atoms with Crippen molar-refractivity contribution in [2.45, 2.75) is 17.2 Å². The van der Waals surface area contributed by atoms with Gasteiger partial charge in [0.05, 0.1) is 11.2 Å². The molecule has 2 heterocycles. The number of sulfone groups is 1. The van der Waals surface area contributed by atoms with Crippen LogP contribution in [0.1, 0.15) is 16.1 Å². The van der Waals surface area contributed by atoms with Crippen LogP contribution in [0.25, 0.3) is 0 Å². The number of piperazine rings is 1. The van der Waals surface area contributed by atoms with E-state index in [4.69, 9.17) is 9.15 Å². The summed E-state index contributed by atoms with van der Waals surface area (Å²) in [5.41, 5.74) is 1.08. The van der Waals surface area contributed by atoms with Crippen molar-refractivity contribution in [3.05, 3.63) is 84.3 Å². The Bertz CT molecular complexity index is 1330. The molecule has 1 fully saturated rings. The molecular formula is C26H27N3O7S. The van der Waals surface area contributed by atoms with Gasteiger partial charge in [-0.05, 0) is 43.3 Å². The Morgan fingerprint density at radius 1 is 0.919 bits per heavy atom. The van der Waals surface area contributed by atoms with Crippen molar-refractivity contribution in [3.63, 3.8) is 0 Å². The molecule has 1 saturated heterocycles. The molecule has 1 aliphatic rings. The molecule has 3 amide bonds. The van der Waals surface area contributed by atoms with Gasteiger partial charge in [0, 0.05) is 26.2 Å². The Kier molecular flexibility index (Phi) is 7.92. The van der Waals surface area contributed by atoms with Gasteiger partial charge in [-0.3, -0.25) is 14.4 Å². The van der Waals surface area contributed by atoms with E-state index in [0.29, 0.717) is 5.75 Å². The van der Waals surface area contributed by atoms with Crippen molar-refractivity contribution in [2.75, 3.05) is 32.8 Å². The number of ether oxygens (including phenoxy) is 1. The quantitative estimate of drug-likeness (QED) is 0.476. The van der Waals surface area contributed by atoms with Crippen LogP contribution in [0.4, 0.5) is 0 Å². The zero-order valence-electron chi connectivity index (χ0n) is 20.2. The first-order valence-electron chi connectivity index (χ1n) is 11.6. The highest BCUT2D eigenvalue weighted by Gasteiger charge is 2.40. The normalized spacial score (nSPS) is 14.6. The van der Waals surface area contributed by atoms with Crippen molar-refractivity contribution >= 4 is 27.6 Å². The first-order chi connectivity index (χ1) is 17.8. The fraction of sp³-hybridized carbons (Fsp3) is 0.269. The summed E-state index contributed by atoms with van der Waals surface area (Å²) in [6.07, 6.45) is 1.27. The molecule has 1 aliphatic heterocycles. The van der Waals surface area contributed by atoms with E-state index >= 15 is 0 Å². The highest BCUT2D eigenvalue weighted by Crippen LogP contribution is 2.18. The minimum Gasteiger partial charge on any atom is -0.484 e. The lowest BCUT2D eigenvalue weighted by molar-refractivity contribution is -0.140. The number of benzene rings is 2. The number of nitrogens with one attached hydrogen (secondary N) is 1. The molecule has 10 nitrogen and oxygen atoms in total. The number of hydrogen-bond acceptors (Lipinski definition) is 7.